The number of aryl methyl sites for hydroxylation is 1. The van der Waals surface area contributed by atoms with Crippen molar-refractivity contribution < 1.29 is 27.9 Å². The minimum Gasteiger partial charge on any atom is -0.484 e. The fourth-order valence-corrected chi connectivity index (χ4v) is 5.16. The van der Waals surface area contributed by atoms with Crippen LogP contribution in [0.5, 0.6) is 11.6 Å². The van der Waals surface area contributed by atoms with Crippen molar-refractivity contribution in [3.8, 4) is 11.6 Å². The molecule has 0 atom stereocenters. The number of Topliss-reactive ketones (excluding diaryl/α,β-unsaturated/α-hetero) is 1. The van der Waals surface area contributed by atoms with Crippen LogP contribution in [0.2, 0.25) is 0 Å². The molecule has 34 heavy (non-hydrogen) atoms. The number of halogens is 1. The van der Waals surface area contributed by atoms with Crippen LogP contribution in [0.15, 0.2) is 45.6 Å². The lowest BCUT2D eigenvalue weighted by Gasteiger charge is -2.70. The van der Waals surface area contributed by atoms with Crippen molar-refractivity contribution in [2.45, 2.75) is 38.1 Å². The van der Waals surface area contributed by atoms with E-state index in [1.165, 1.54) is 19.2 Å². The van der Waals surface area contributed by atoms with Gasteiger partial charge in [-0.1, -0.05) is 6.07 Å². The van der Waals surface area contributed by atoms with E-state index in [1.807, 2.05) is 0 Å². The maximum atomic E-state index is 13.6. The summed E-state index contributed by atoms with van der Waals surface area (Å²) in [7, 11) is 1.45. The molecule has 2 heterocycles. The SMILES string of the molecule is COc1ccc2oc(C(=O)CC34CC(NC(=O)COc5ccc(C)c(F)c5)(C3)C4)cc(=O)c2n1. The van der Waals surface area contributed by atoms with Gasteiger partial charge in [-0.3, -0.25) is 14.4 Å². The van der Waals surface area contributed by atoms with Gasteiger partial charge in [-0.2, -0.15) is 0 Å². The number of amides is 1. The minimum absolute atomic E-state index is 0.00556. The van der Waals surface area contributed by atoms with Crippen molar-refractivity contribution in [1.29, 1.82) is 0 Å². The molecular formula is C25H23FN2O6. The van der Waals surface area contributed by atoms with Gasteiger partial charge < -0.3 is 19.2 Å². The highest BCUT2D eigenvalue weighted by atomic mass is 19.1. The van der Waals surface area contributed by atoms with Gasteiger partial charge in [0.05, 0.1) is 7.11 Å². The summed E-state index contributed by atoms with van der Waals surface area (Å²) in [6.45, 7) is 1.44. The van der Waals surface area contributed by atoms with E-state index in [4.69, 9.17) is 13.9 Å². The number of nitrogens with zero attached hydrogens (tertiary/aromatic N) is 1. The topological polar surface area (TPSA) is 108 Å². The third kappa shape index (κ3) is 3.91. The van der Waals surface area contributed by atoms with E-state index in [-0.39, 0.29) is 64.2 Å². The lowest BCUT2D eigenvalue weighted by Crippen LogP contribution is -2.75. The highest BCUT2D eigenvalue weighted by Crippen LogP contribution is 2.69. The second-order valence-corrected chi connectivity index (χ2v) is 9.33. The lowest BCUT2D eigenvalue weighted by molar-refractivity contribution is -0.164. The lowest BCUT2D eigenvalue weighted by atomic mass is 9.38. The molecule has 3 saturated carbocycles. The van der Waals surface area contributed by atoms with Crippen molar-refractivity contribution in [2.24, 2.45) is 5.41 Å². The third-order valence-electron chi connectivity index (χ3n) is 6.63. The predicted octanol–water partition coefficient (Wildman–Crippen LogP) is 3.33. The summed E-state index contributed by atoms with van der Waals surface area (Å²) in [4.78, 5) is 41.6. The number of aromatic nitrogens is 1. The van der Waals surface area contributed by atoms with E-state index in [0.717, 1.165) is 0 Å². The second-order valence-electron chi connectivity index (χ2n) is 9.33. The normalized spacial score (nSPS) is 22.4. The van der Waals surface area contributed by atoms with Crippen LogP contribution in [0.1, 0.15) is 41.8 Å². The number of benzene rings is 1. The number of ketones is 1. The van der Waals surface area contributed by atoms with E-state index in [1.54, 1.807) is 31.2 Å². The largest absolute Gasteiger partial charge is 0.484 e. The Morgan fingerprint density at radius 1 is 1.18 bits per heavy atom. The maximum absolute atomic E-state index is 13.6. The summed E-state index contributed by atoms with van der Waals surface area (Å²) >= 11 is 0. The summed E-state index contributed by atoms with van der Waals surface area (Å²) in [5, 5.41) is 2.97. The van der Waals surface area contributed by atoms with Gasteiger partial charge in [0.2, 0.25) is 11.3 Å². The van der Waals surface area contributed by atoms with E-state index in [0.29, 0.717) is 30.6 Å². The van der Waals surface area contributed by atoms with Gasteiger partial charge >= 0.3 is 0 Å². The number of hydrogen-bond acceptors (Lipinski definition) is 7. The molecule has 0 aliphatic heterocycles. The summed E-state index contributed by atoms with van der Waals surface area (Å²) in [6, 6.07) is 8.75. The Balaban J connectivity index is 1.15. The summed E-state index contributed by atoms with van der Waals surface area (Å²) < 4.78 is 29.6. The van der Waals surface area contributed by atoms with Crippen LogP contribution in [-0.4, -0.2) is 35.9 Å². The highest BCUT2D eigenvalue weighted by molar-refractivity contribution is 5.95. The fraction of sp³-hybridized carbons (Fsp3) is 0.360. The van der Waals surface area contributed by atoms with E-state index < -0.39 is 5.43 Å². The molecule has 1 aromatic carbocycles. The van der Waals surface area contributed by atoms with Crippen LogP contribution in [0.3, 0.4) is 0 Å². The smallest absolute Gasteiger partial charge is 0.258 e. The molecule has 9 heteroatoms. The Labute approximate surface area is 194 Å². The van der Waals surface area contributed by atoms with Crippen LogP contribution in [0.25, 0.3) is 11.1 Å². The Hall–Kier alpha value is -3.75. The molecule has 0 unspecified atom stereocenters. The van der Waals surface area contributed by atoms with Crippen molar-refractivity contribution in [2.75, 3.05) is 13.7 Å². The molecule has 0 radical (unpaired) electrons. The third-order valence-corrected chi connectivity index (χ3v) is 6.63. The number of nitrogens with one attached hydrogen (secondary N) is 1. The van der Waals surface area contributed by atoms with Crippen molar-refractivity contribution in [1.82, 2.24) is 10.3 Å². The van der Waals surface area contributed by atoms with Crippen molar-refractivity contribution >= 4 is 22.8 Å². The summed E-state index contributed by atoms with van der Waals surface area (Å²) in [5.74, 6) is -0.337. The number of hydrogen-bond donors (Lipinski definition) is 1. The van der Waals surface area contributed by atoms with Gasteiger partial charge in [-0.05, 0) is 49.3 Å². The summed E-state index contributed by atoms with van der Waals surface area (Å²) in [5.41, 5.74) is -0.0882. The molecule has 3 fully saturated rings. The van der Waals surface area contributed by atoms with Crippen LogP contribution < -0.4 is 20.2 Å². The number of fused-ring (bicyclic) bond motifs is 1. The van der Waals surface area contributed by atoms with Crippen LogP contribution in [-0.2, 0) is 4.79 Å². The van der Waals surface area contributed by atoms with Gasteiger partial charge in [-0.15, -0.1) is 0 Å². The zero-order valence-corrected chi connectivity index (χ0v) is 18.8. The molecule has 1 amide bonds. The van der Waals surface area contributed by atoms with Crippen molar-refractivity contribution in [3.63, 3.8) is 0 Å². The van der Waals surface area contributed by atoms with Crippen LogP contribution in [0.4, 0.5) is 4.39 Å². The molecule has 3 aliphatic rings. The van der Waals surface area contributed by atoms with Gasteiger partial charge in [0.15, 0.2) is 29.3 Å². The monoisotopic (exact) mass is 466 g/mol. The van der Waals surface area contributed by atoms with E-state index in [9.17, 15) is 18.8 Å². The number of carbonyl (C=O) groups is 2. The first-order valence-electron chi connectivity index (χ1n) is 10.9. The summed E-state index contributed by atoms with van der Waals surface area (Å²) in [6.07, 6.45) is 2.26. The standard InChI is InChI=1S/C25H23FN2O6/c1-14-3-4-15(7-16(14)26)33-10-21(31)28-25-11-24(12-25,13-25)9-18(30)20-8-17(29)23-19(34-20)5-6-22(27-23)32-2/h3-8H,9-13H2,1-2H3,(H,28,31). The molecule has 3 aromatic rings. The molecular weight excluding hydrogens is 443 g/mol. The van der Waals surface area contributed by atoms with Crippen LogP contribution in [0, 0.1) is 18.2 Å². The Morgan fingerprint density at radius 2 is 1.94 bits per heavy atom. The molecule has 8 nitrogen and oxygen atoms in total. The number of ether oxygens (including phenoxy) is 2. The number of methoxy groups -OCH3 is 1. The zero-order valence-electron chi connectivity index (χ0n) is 18.8. The number of pyridine rings is 1. The van der Waals surface area contributed by atoms with Crippen molar-refractivity contribution in [3.05, 3.63) is 63.8 Å². The van der Waals surface area contributed by atoms with Crippen LogP contribution >= 0.6 is 0 Å². The zero-order chi connectivity index (χ0) is 24.1. The first kappa shape index (κ1) is 22.1. The molecule has 2 bridgehead atoms. The first-order valence-corrected chi connectivity index (χ1v) is 10.9. The molecule has 6 rings (SSSR count). The number of rotatable bonds is 8. The quantitative estimate of drug-likeness (QED) is 0.508. The average molecular weight is 466 g/mol. The Morgan fingerprint density at radius 3 is 2.65 bits per heavy atom. The van der Waals surface area contributed by atoms with Gasteiger partial charge in [0.25, 0.3) is 5.91 Å². The van der Waals surface area contributed by atoms with E-state index >= 15 is 0 Å². The Kier molecular flexibility index (Phi) is 5.15. The Bertz CT molecular complexity index is 1360. The molecule has 1 N–H and O–H groups in total. The van der Waals surface area contributed by atoms with Gasteiger partial charge in [-0.25, -0.2) is 9.37 Å². The molecule has 0 spiro atoms. The highest BCUT2D eigenvalue weighted by Gasteiger charge is 2.68. The average Bonchev–Trinajstić information content (AvgIpc) is 2.77. The maximum Gasteiger partial charge on any atom is 0.258 e. The number of carbonyl (C=O) groups excluding carboxylic acids is 2. The molecule has 2 aromatic heterocycles. The second kappa shape index (κ2) is 7.93. The predicted molar refractivity (Wildman–Crippen MR) is 120 cm³/mol. The first-order chi connectivity index (χ1) is 16.2. The van der Waals surface area contributed by atoms with E-state index in [2.05, 4.69) is 10.3 Å². The fourth-order valence-electron chi connectivity index (χ4n) is 5.16. The molecule has 0 saturated heterocycles. The minimum atomic E-state index is -0.404. The van der Waals surface area contributed by atoms with Gasteiger partial charge in [0.1, 0.15) is 11.6 Å². The molecule has 176 valence electrons. The molecule has 3 aliphatic carbocycles. The van der Waals surface area contributed by atoms with Gasteiger partial charge in [0, 0.05) is 30.2 Å².